The molecule has 18 heavy (non-hydrogen) atoms. The van der Waals surface area contributed by atoms with Gasteiger partial charge >= 0.3 is 0 Å². The molecule has 5 heteroatoms. The number of anilines is 2. The van der Waals surface area contributed by atoms with Crippen LogP contribution in [0.2, 0.25) is 0 Å². The second kappa shape index (κ2) is 4.80. The van der Waals surface area contributed by atoms with E-state index in [0.29, 0.717) is 0 Å². The normalized spacial score (nSPS) is 24.6. The van der Waals surface area contributed by atoms with E-state index >= 15 is 0 Å². The number of aromatic nitrogens is 2. The molecule has 0 amide bonds. The predicted octanol–water partition coefficient (Wildman–Crippen LogP) is 1.80. The second-order valence-corrected chi connectivity index (χ2v) is 5.32. The van der Waals surface area contributed by atoms with Gasteiger partial charge in [0.15, 0.2) is 5.82 Å². The highest BCUT2D eigenvalue weighted by atomic mass is 16.5. The lowest BCUT2D eigenvalue weighted by molar-refractivity contribution is -0.00493. The monoisotopic (exact) mass is 252 g/mol. The van der Waals surface area contributed by atoms with Crippen molar-refractivity contribution in [3.05, 3.63) is 5.69 Å². The van der Waals surface area contributed by atoms with E-state index in [1.807, 2.05) is 11.6 Å². The van der Waals surface area contributed by atoms with Crippen LogP contribution in [0.5, 0.6) is 0 Å². The molecule has 1 aliphatic rings. The van der Waals surface area contributed by atoms with E-state index < -0.39 is 0 Å². The zero-order valence-corrected chi connectivity index (χ0v) is 11.9. The minimum absolute atomic E-state index is 0.0819. The third-order valence-corrected chi connectivity index (χ3v) is 3.90. The van der Waals surface area contributed by atoms with Gasteiger partial charge < -0.3 is 15.4 Å². The van der Waals surface area contributed by atoms with Crippen molar-refractivity contribution in [1.29, 1.82) is 0 Å². The first-order valence-corrected chi connectivity index (χ1v) is 6.63. The Kier molecular flexibility index (Phi) is 3.52. The fourth-order valence-corrected chi connectivity index (χ4v) is 2.69. The van der Waals surface area contributed by atoms with Crippen LogP contribution in [0, 0.1) is 6.92 Å². The number of rotatable bonds is 3. The minimum Gasteiger partial charge on any atom is -0.394 e. The molecule has 0 bridgehead atoms. The van der Waals surface area contributed by atoms with Crippen LogP contribution in [0.3, 0.4) is 0 Å². The zero-order valence-electron chi connectivity index (χ0n) is 11.9. The SMILES string of the molecule is CCn1nc(C)c(N)c1N1CCCC(C)(OC)C1. The number of nitrogens with zero attached hydrogens (tertiary/aromatic N) is 3. The Hall–Kier alpha value is -1.23. The molecule has 0 saturated carbocycles. The summed E-state index contributed by atoms with van der Waals surface area (Å²) in [6.45, 7) is 8.95. The molecule has 0 radical (unpaired) electrons. The molecule has 1 aromatic rings. The number of aryl methyl sites for hydroxylation is 2. The summed E-state index contributed by atoms with van der Waals surface area (Å²) in [6.07, 6.45) is 2.22. The summed E-state index contributed by atoms with van der Waals surface area (Å²) in [5.74, 6) is 1.05. The molecule has 1 atom stereocenters. The first-order valence-electron chi connectivity index (χ1n) is 6.63. The smallest absolute Gasteiger partial charge is 0.150 e. The predicted molar refractivity (Wildman–Crippen MR) is 73.9 cm³/mol. The summed E-state index contributed by atoms with van der Waals surface area (Å²) >= 11 is 0. The van der Waals surface area contributed by atoms with Gasteiger partial charge in [0.25, 0.3) is 0 Å². The van der Waals surface area contributed by atoms with Crippen LogP contribution in [0.15, 0.2) is 0 Å². The summed E-state index contributed by atoms with van der Waals surface area (Å²) in [5, 5.41) is 4.49. The number of ether oxygens (including phenoxy) is 1. The van der Waals surface area contributed by atoms with Crippen molar-refractivity contribution < 1.29 is 4.74 Å². The van der Waals surface area contributed by atoms with Crippen molar-refractivity contribution in [2.45, 2.75) is 45.8 Å². The lowest BCUT2D eigenvalue weighted by Crippen LogP contribution is -2.48. The molecule has 5 nitrogen and oxygen atoms in total. The Balaban J connectivity index is 2.31. The van der Waals surface area contributed by atoms with Gasteiger partial charge in [0.1, 0.15) is 0 Å². The third-order valence-electron chi connectivity index (χ3n) is 3.90. The summed E-state index contributed by atoms with van der Waals surface area (Å²) in [6, 6.07) is 0. The fraction of sp³-hybridized carbons (Fsp3) is 0.769. The molecular weight excluding hydrogens is 228 g/mol. The van der Waals surface area contributed by atoms with E-state index in [0.717, 1.165) is 49.7 Å². The maximum Gasteiger partial charge on any atom is 0.150 e. The molecule has 2 N–H and O–H groups in total. The molecule has 0 spiro atoms. The lowest BCUT2D eigenvalue weighted by atomic mass is 9.95. The summed E-state index contributed by atoms with van der Waals surface area (Å²) in [7, 11) is 1.79. The molecule has 0 aromatic carbocycles. The molecule has 1 unspecified atom stereocenters. The molecule has 2 heterocycles. The topological polar surface area (TPSA) is 56.3 Å². The van der Waals surface area contributed by atoms with Crippen molar-refractivity contribution in [3.8, 4) is 0 Å². The number of piperidine rings is 1. The maximum absolute atomic E-state index is 6.17. The van der Waals surface area contributed by atoms with Gasteiger partial charge in [-0.15, -0.1) is 0 Å². The van der Waals surface area contributed by atoms with E-state index in [9.17, 15) is 0 Å². The summed E-state index contributed by atoms with van der Waals surface area (Å²) in [5.41, 5.74) is 7.81. The first kappa shape index (κ1) is 13.2. The molecule has 102 valence electrons. The highest BCUT2D eigenvalue weighted by molar-refractivity contribution is 5.66. The van der Waals surface area contributed by atoms with Gasteiger partial charge in [-0.2, -0.15) is 5.10 Å². The zero-order chi connectivity index (χ0) is 13.3. The van der Waals surface area contributed by atoms with E-state index in [1.165, 1.54) is 0 Å². The van der Waals surface area contributed by atoms with Crippen LogP contribution in [0.1, 0.15) is 32.4 Å². The Morgan fingerprint density at radius 1 is 1.50 bits per heavy atom. The van der Waals surface area contributed by atoms with Crippen LogP contribution < -0.4 is 10.6 Å². The minimum atomic E-state index is -0.0819. The van der Waals surface area contributed by atoms with Crippen LogP contribution in [-0.2, 0) is 11.3 Å². The van der Waals surface area contributed by atoms with Crippen molar-refractivity contribution in [2.75, 3.05) is 30.8 Å². The van der Waals surface area contributed by atoms with Gasteiger partial charge in [-0.25, -0.2) is 4.68 Å². The van der Waals surface area contributed by atoms with Crippen LogP contribution in [0.4, 0.5) is 11.5 Å². The molecule has 1 aromatic heterocycles. The largest absolute Gasteiger partial charge is 0.394 e. The molecule has 1 fully saturated rings. The molecule has 1 saturated heterocycles. The maximum atomic E-state index is 6.17. The van der Waals surface area contributed by atoms with Crippen molar-refractivity contribution in [1.82, 2.24) is 9.78 Å². The Labute approximate surface area is 109 Å². The number of nitrogen functional groups attached to an aromatic ring is 1. The number of hydrogen-bond acceptors (Lipinski definition) is 4. The molecule has 1 aliphatic heterocycles. The number of nitrogens with two attached hydrogens (primary N) is 1. The van der Waals surface area contributed by atoms with Crippen LogP contribution >= 0.6 is 0 Å². The Bertz CT molecular complexity index is 429. The fourth-order valence-electron chi connectivity index (χ4n) is 2.69. The standard InChI is InChI=1S/C13H24N4O/c1-5-17-12(11(14)10(2)15-17)16-8-6-7-13(3,9-16)18-4/h5-9,14H2,1-4H3. The molecule has 2 rings (SSSR count). The van der Waals surface area contributed by atoms with E-state index in [2.05, 4.69) is 23.8 Å². The van der Waals surface area contributed by atoms with Gasteiger partial charge in [0.05, 0.1) is 17.0 Å². The average Bonchev–Trinajstić information content (AvgIpc) is 2.65. The summed E-state index contributed by atoms with van der Waals surface area (Å²) in [4.78, 5) is 2.31. The molecular formula is C13H24N4O. The van der Waals surface area contributed by atoms with Gasteiger partial charge in [0.2, 0.25) is 0 Å². The van der Waals surface area contributed by atoms with Gasteiger partial charge in [-0.05, 0) is 33.6 Å². The van der Waals surface area contributed by atoms with E-state index in [4.69, 9.17) is 10.5 Å². The first-order chi connectivity index (χ1) is 8.50. The lowest BCUT2D eigenvalue weighted by Gasteiger charge is -2.40. The third kappa shape index (κ3) is 2.19. The van der Waals surface area contributed by atoms with Crippen molar-refractivity contribution >= 4 is 11.5 Å². The highest BCUT2D eigenvalue weighted by Crippen LogP contribution is 2.32. The number of hydrogen-bond donors (Lipinski definition) is 1. The highest BCUT2D eigenvalue weighted by Gasteiger charge is 2.33. The van der Waals surface area contributed by atoms with E-state index in [-0.39, 0.29) is 5.60 Å². The van der Waals surface area contributed by atoms with Crippen LogP contribution in [-0.4, -0.2) is 35.6 Å². The Morgan fingerprint density at radius 3 is 2.83 bits per heavy atom. The van der Waals surface area contributed by atoms with Gasteiger partial charge in [-0.1, -0.05) is 0 Å². The number of methoxy groups -OCH3 is 1. The summed E-state index contributed by atoms with van der Waals surface area (Å²) < 4.78 is 7.63. The molecule has 0 aliphatic carbocycles. The van der Waals surface area contributed by atoms with E-state index in [1.54, 1.807) is 7.11 Å². The van der Waals surface area contributed by atoms with Gasteiger partial charge in [0, 0.05) is 26.7 Å². The second-order valence-electron chi connectivity index (χ2n) is 5.32. The quantitative estimate of drug-likeness (QED) is 0.891. The van der Waals surface area contributed by atoms with Gasteiger partial charge in [-0.3, -0.25) is 0 Å². The Morgan fingerprint density at radius 2 is 2.22 bits per heavy atom. The van der Waals surface area contributed by atoms with Crippen molar-refractivity contribution in [3.63, 3.8) is 0 Å². The van der Waals surface area contributed by atoms with Crippen LogP contribution in [0.25, 0.3) is 0 Å². The van der Waals surface area contributed by atoms with Crippen molar-refractivity contribution in [2.24, 2.45) is 0 Å². The average molecular weight is 252 g/mol.